The predicted molar refractivity (Wildman–Crippen MR) is 78.0 cm³/mol. The van der Waals surface area contributed by atoms with Crippen LogP contribution in [0.2, 0.25) is 0 Å². The van der Waals surface area contributed by atoms with Gasteiger partial charge in [-0.1, -0.05) is 25.7 Å². The number of thiazole rings is 1. The Bertz CT molecular complexity index is 602. The molecule has 1 N–H and O–H groups in total. The average molecular weight is 307 g/mol. The second kappa shape index (κ2) is 5.22. The summed E-state index contributed by atoms with van der Waals surface area (Å²) in [5.74, 6) is -0.851. The summed E-state index contributed by atoms with van der Waals surface area (Å²) in [6, 6.07) is -0.686. The summed E-state index contributed by atoms with van der Waals surface area (Å²) in [5, 5.41) is 4.47. The lowest BCUT2D eigenvalue weighted by molar-refractivity contribution is -0.143. The van der Waals surface area contributed by atoms with Crippen LogP contribution in [0.4, 0.5) is 9.93 Å². The minimum absolute atomic E-state index is 0.339. The highest BCUT2D eigenvalue weighted by atomic mass is 32.1. The van der Waals surface area contributed by atoms with Crippen LogP contribution in [0, 0.1) is 12.3 Å². The molecule has 1 aromatic heterocycles. The van der Waals surface area contributed by atoms with Crippen LogP contribution in [0.1, 0.15) is 44.2 Å². The maximum Gasteiger partial charge on any atom is 0.337 e. The molecule has 0 unspecified atom stereocenters. The molecule has 3 rings (SSSR count). The number of carbonyl (C=O) groups is 3. The molecule has 1 aromatic rings. The van der Waals surface area contributed by atoms with Gasteiger partial charge in [0.2, 0.25) is 11.0 Å². The maximum absolute atomic E-state index is 12.9. The molecule has 112 valence electrons. The van der Waals surface area contributed by atoms with E-state index in [1.165, 1.54) is 11.3 Å². The molecule has 0 atom stereocenters. The number of barbiturate groups is 1. The first-order valence-corrected chi connectivity index (χ1v) is 8.05. The van der Waals surface area contributed by atoms with Crippen LogP contribution in [-0.2, 0) is 9.59 Å². The Labute approximate surface area is 126 Å². The van der Waals surface area contributed by atoms with Gasteiger partial charge in [-0.15, -0.1) is 11.3 Å². The topological polar surface area (TPSA) is 79.4 Å². The standard InChI is InChI=1S/C14H17N3O3S/c1-9-8-21-13(15-9)17-11(19)14(10(18)16-12(17)20)6-4-2-3-5-7-14/h8H,2-7H2,1H3,(H,16,18,20). The molecule has 2 aliphatic rings. The zero-order chi connectivity index (χ0) is 15.0. The number of hydrogen-bond acceptors (Lipinski definition) is 5. The monoisotopic (exact) mass is 307 g/mol. The van der Waals surface area contributed by atoms with Crippen molar-refractivity contribution in [3.05, 3.63) is 11.1 Å². The average Bonchev–Trinajstić information content (AvgIpc) is 2.73. The Balaban J connectivity index is 2.00. The highest BCUT2D eigenvalue weighted by Crippen LogP contribution is 2.40. The molecule has 0 radical (unpaired) electrons. The van der Waals surface area contributed by atoms with Crippen LogP contribution in [0.3, 0.4) is 0 Å². The fraction of sp³-hybridized carbons (Fsp3) is 0.571. The van der Waals surface area contributed by atoms with Gasteiger partial charge in [-0.25, -0.2) is 14.7 Å². The van der Waals surface area contributed by atoms with Crippen molar-refractivity contribution in [2.45, 2.75) is 45.4 Å². The van der Waals surface area contributed by atoms with Crippen LogP contribution in [0.25, 0.3) is 0 Å². The quantitative estimate of drug-likeness (QED) is 0.808. The Hall–Kier alpha value is -1.76. The summed E-state index contributed by atoms with van der Waals surface area (Å²) >= 11 is 1.24. The van der Waals surface area contributed by atoms with E-state index in [4.69, 9.17) is 0 Å². The summed E-state index contributed by atoms with van der Waals surface area (Å²) in [6.45, 7) is 1.80. The van der Waals surface area contributed by atoms with Crippen LogP contribution in [0.15, 0.2) is 5.38 Å². The number of urea groups is 1. The van der Waals surface area contributed by atoms with Gasteiger partial charge in [-0.3, -0.25) is 14.9 Å². The molecule has 2 fully saturated rings. The third-order valence-electron chi connectivity index (χ3n) is 4.23. The zero-order valence-electron chi connectivity index (χ0n) is 11.8. The third kappa shape index (κ3) is 2.25. The molecular weight excluding hydrogens is 290 g/mol. The fourth-order valence-corrected chi connectivity index (χ4v) is 3.86. The smallest absolute Gasteiger partial charge is 0.276 e. The summed E-state index contributed by atoms with van der Waals surface area (Å²) < 4.78 is 0. The number of amides is 4. The van der Waals surface area contributed by atoms with Crippen LogP contribution < -0.4 is 10.2 Å². The SMILES string of the molecule is Cc1csc(N2C(=O)NC(=O)C3(CCCCCC3)C2=O)n1. The van der Waals surface area contributed by atoms with E-state index in [2.05, 4.69) is 10.3 Å². The first-order valence-electron chi connectivity index (χ1n) is 7.17. The normalized spacial score (nSPS) is 22.3. The Kier molecular flexibility index (Phi) is 3.52. The molecule has 7 heteroatoms. The lowest BCUT2D eigenvalue weighted by Gasteiger charge is -2.37. The molecule has 1 spiro atoms. The van der Waals surface area contributed by atoms with E-state index < -0.39 is 23.3 Å². The van der Waals surface area contributed by atoms with Crippen molar-refractivity contribution in [1.29, 1.82) is 0 Å². The summed E-state index contributed by atoms with van der Waals surface area (Å²) in [4.78, 5) is 42.6. The number of anilines is 1. The van der Waals surface area contributed by atoms with E-state index >= 15 is 0 Å². The van der Waals surface area contributed by atoms with Crippen LogP contribution in [-0.4, -0.2) is 22.8 Å². The Morgan fingerprint density at radius 3 is 2.43 bits per heavy atom. The molecule has 1 saturated carbocycles. The van der Waals surface area contributed by atoms with Crippen molar-refractivity contribution in [3.8, 4) is 0 Å². The molecule has 0 bridgehead atoms. The van der Waals surface area contributed by atoms with Gasteiger partial charge in [0.05, 0.1) is 5.69 Å². The summed E-state index contributed by atoms with van der Waals surface area (Å²) in [6.07, 6.45) is 4.72. The van der Waals surface area contributed by atoms with Crippen molar-refractivity contribution in [2.75, 3.05) is 4.90 Å². The number of nitrogens with zero attached hydrogens (tertiary/aromatic N) is 2. The van der Waals surface area contributed by atoms with Gasteiger partial charge < -0.3 is 0 Å². The number of hydrogen-bond donors (Lipinski definition) is 1. The van der Waals surface area contributed by atoms with E-state index in [0.717, 1.165) is 36.3 Å². The zero-order valence-corrected chi connectivity index (χ0v) is 12.7. The van der Waals surface area contributed by atoms with Gasteiger partial charge in [0, 0.05) is 5.38 Å². The molecule has 4 amide bonds. The third-order valence-corrected chi connectivity index (χ3v) is 5.17. The van der Waals surface area contributed by atoms with E-state index in [1.54, 1.807) is 12.3 Å². The number of imide groups is 2. The Morgan fingerprint density at radius 2 is 1.86 bits per heavy atom. The fourth-order valence-electron chi connectivity index (χ4n) is 3.07. The molecular formula is C14H17N3O3S. The van der Waals surface area contributed by atoms with Crippen LogP contribution >= 0.6 is 11.3 Å². The largest absolute Gasteiger partial charge is 0.337 e. The second-order valence-corrected chi connectivity index (χ2v) is 6.50. The molecule has 6 nitrogen and oxygen atoms in total. The number of rotatable bonds is 1. The molecule has 21 heavy (non-hydrogen) atoms. The van der Waals surface area contributed by atoms with Crippen molar-refractivity contribution < 1.29 is 14.4 Å². The van der Waals surface area contributed by atoms with Gasteiger partial charge in [-0.05, 0) is 19.8 Å². The first kappa shape index (κ1) is 14.2. The number of nitrogens with one attached hydrogen (secondary N) is 1. The molecule has 1 aliphatic heterocycles. The van der Waals surface area contributed by atoms with Crippen molar-refractivity contribution in [2.24, 2.45) is 5.41 Å². The number of aromatic nitrogens is 1. The van der Waals surface area contributed by atoms with E-state index in [-0.39, 0.29) is 0 Å². The summed E-state index contributed by atoms with van der Waals surface area (Å²) in [5.41, 5.74) is -0.341. The molecule has 0 aromatic carbocycles. The van der Waals surface area contributed by atoms with E-state index in [0.29, 0.717) is 18.0 Å². The number of carbonyl (C=O) groups excluding carboxylic acids is 3. The predicted octanol–water partition coefficient (Wildman–Crippen LogP) is 2.37. The lowest BCUT2D eigenvalue weighted by atomic mass is 9.77. The van der Waals surface area contributed by atoms with Gasteiger partial charge in [0.15, 0.2) is 0 Å². The maximum atomic E-state index is 12.9. The van der Waals surface area contributed by atoms with Crippen molar-refractivity contribution >= 4 is 34.3 Å². The first-order chi connectivity index (χ1) is 10.0. The molecule has 2 heterocycles. The van der Waals surface area contributed by atoms with Crippen molar-refractivity contribution in [3.63, 3.8) is 0 Å². The second-order valence-electron chi connectivity index (χ2n) is 5.67. The minimum Gasteiger partial charge on any atom is -0.276 e. The molecule has 1 saturated heterocycles. The highest BCUT2D eigenvalue weighted by Gasteiger charge is 2.54. The van der Waals surface area contributed by atoms with Crippen LogP contribution in [0.5, 0.6) is 0 Å². The lowest BCUT2D eigenvalue weighted by Crippen LogP contribution is -2.64. The van der Waals surface area contributed by atoms with Gasteiger partial charge in [-0.2, -0.15) is 0 Å². The molecule has 1 aliphatic carbocycles. The Morgan fingerprint density at radius 1 is 1.19 bits per heavy atom. The minimum atomic E-state index is -1.09. The van der Waals surface area contributed by atoms with E-state index in [1.807, 2.05) is 0 Å². The highest BCUT2D eigenvalue weighted by molar-refractivity contribution is 7.14. The summed E-state index contributed by atoms with van der Waals surface area (Å²) in [7, 11) is 0. The van der Waals surface area contributed by atoms with Gasteiger partial charge in [0.1, 0.15) is 5.41 Å². The van der Waals surface area contributed by atoms with Crippen molar-refractivity contribution in [1.82, 2.24) is 10.3 Å². The number of aryl methyl sites for hydroxylation is 1. The van der Waals surface area contributed by atoms with Gasteiger partial charge >= 0.3 is 6.03 Å². The van der Waals surface area contributed by atoms with E-state index in [9.17, 15) is 14.4 Å². The van der Waals surface area contributed by atoms with Gasteiger partial charge in [0.25, 0.3) is 5.91 Å².